The number of hydrogen-bond donors (Lipinski definition) is 3. The lowest BCUT2D eigenvalue weighted by Crippen LogP contribution is -2.48. The summed E-state index contributed by atoms with van der Waals surface area (Å²) in [6, 6.07) is 10.5. The summed E-state index contributed by atoms with van der Waals surface area (Å²) in [5, 5.41) is 27.9. The van der Waals surface area contributed by atoms with Crippen LogP contribution in [0.15, 0.2) is 55.0 Å². The number of ether oxygens (including phenoxy) is 1. The molecule has 0 bridgehead atoms. The largest absolute Gasteiger partial charge is 0.389 e. The van der Waals surface area contributed by atoms with E-state index in [2.05, 4.69) is 15.4 Å². The minimum absolute atomic E-state index is 0.196. The van der Waals surface area contributed by atoms with Crippen molar-refractivity contribution in [1.82, 2.24) is 20.1 Å². The maximum Gasteiger partial charge on any atom is 0.270 e. The molecule has 30 heavy (non-hydrogen) atoms. The average Bonchev–Trinajstić information content (AvgIpc) is 3.30. The Balaban J connectivity index is 1.53. The second kappa shape index (κ2) is 8.74. The van der Waals surface area contributed by atoms with E-state index in [1.54, 1.807) is 23.1 Å². The zero-order valence-electron chi connectivity index (χ0n) is 16.6. The summed E-state index contributed by atoms with van der Waals surface area (Å²) in [6.45, 7) is 2.53. The van der Waals surface area contributed by atoms with Crippen LogP contribution in [0, 0.1) is 6.92 Å². The van der Waals surface area contributed by atoms with Gasteiger partial charge in [0.1, 0.15) is 11.8 Å². The second-order valence-corrected chi connectivity index (χ2v) is 7.38. The molecule has 1 aromatic carbocycles. The van der Waals surface area contributed by atoms with Gasteiger partial charge in [-0.05, 0) is 54.3 Å². The minimum atomic E-state index is -0.903. The maximum absolute atomic E-state index is 12.6. The van der Waals surface area contributed by atoms with Crippen molar-refractivity contribution in [3.8, 4) is 5.69 Å². The summed E-state index contributed by atoms with van der Waals surface area (Å²) in [7, 11) is 0. The van der Waals surface area contributed by atoms with Crippen molar-refractivity contribution in [3.63, 3.8) is 0 Å². The first-order chi connectivity index (χ1) is 14.5. The Morgan fingerprint density at radius 3 is 2.83 bits per heavy atom. The average molecular weight is 408 g/mol. The highest BCUT2D eigenvalue weighted by Gasteiger charge is 2.26. The first-order valence-electron chi connectivity index (χ1n) is 9.84. The van der Waals surface area contributed by atoms with Crippen LogP contribution in [0.2, 0.25) is 0 Å². The standard InChI is InChI=1S/C22H24N4O4/c1-14-12-23-19(22(29)25-18-7-10-30-13-20(18)27)11-17(14)21(28)15-3-5-16(6-4-15)26-9-2-8-24-26/h2-6,8-9,11-12,18,20-21,27-28H,7,10,13H2,1H3,(H,25,29)/t18-,20-,21?/m0/s1. The summed E-state index contributed by atoms with van der Waals surface area (Å²) in [5.74, 6) is -0.386. The minimum Gasteiger partial charge on any atom is -0.389 e. The molecule has 3 heterocycles. The van der Waals surface area contributed by atoms with Crippen LogP contribution in [0.25, 0.3) is 5.69 Å². The zero-order chi connectivity index (χ0) is 21.1. The molecule has 8 heteroatoms. The Bertz CT molecular complexity index is 1000. The third-order valence-corrected chi connectivity index (χ3v) is 5.29. The van der Waals surface area contributed by atoms with Crippen molar-refractivity contribution in [2.24, 2.45) is 0 Å². The number of aryl methyl sites for hydroxylation is 1. The Morgan fingerprint density at radius 1 is 1.33 bits per heavy atom. The van der Waals surface area contributed by atoms with E-state index in [0.29, 0.717) is 24.2 Å². The van der Waals surface area contributed by atoms with E-state index in [9.17, 15) is 15.0 Å². The molecule has 3 atom stereocenters. The van der Waals surface area contributed by atoms with Gasteiger partial charge in [-0.25, -0.2) is 4.68 Å². The molecule has 1 aliphatic rings. The predicted molar refractivity (Wildman–Crippen MR) is 109 cm³/mol. The highest BCUT2D eigenvalue weighted by atomic mass is 16.5. The highest BCUT2D eigenvalue weighted by molar-refractivity contribution is 5.92. The Hall–Kier alpha value is -3.07. The van der Waals surface area contributed by atoms with Gasteiger partial charge in [-0.3, -0.25) is 9.78 Å². The van der Waals surface area contributed by atoms with Gasteiger partial charge in [-0.15, -0.1) is 0 Å². The fourth-order valence-corrected chi connectivity index (χ4v) is 3.50. The van der Waals surface area contributed by atoms with Crippen LogP contribution in [-0.2, 0) is 4.74 Å². The first-order valence-corrected chi connectivity index (χ1v) is 9.84. The van der Waals surface area contributed by atoms with Crippen LogP contribution in [0.4, 0.5) is 0 Å². The van der Waals surface area contributed by atoms with E-state index >= 15 is 0 Å². The van der Waals surface area contributed by atoms with Crippen LogP contribution < -0.4 is 5.32 Å². The number of carbonyl (C=O) groups excluding carboxylic acids is 1. The second-order valence-electron chi connectivity index (χ2n) is 7.38. The lowest BCUT2D eigenvalue weighted by atomic mass is 9.97. The van der Waals surface area contributed by atoms with Crippen LogP contribution in [0.1, 0.15) is 39.7 Å². The van der Waals surface area contributed by atoms with Crippen LogP contribution >= 0.6 is 0 Å². The molecule has 8 nitrogen and oxygen atoms in total. The Kier molecular flexibility index (Phi) is 5.89. The third kappa shape index (κ3) is 4.25. The topological polar surface area (TPSA) is 110 Å². The van der Waals surface area contributed by atoms with Gasteiger partial charge < -0.3 is 20.3 Å². The smallest absolute Gasteiger partial charge is 0.270 e. The van der Waals surface area contributed by atoms with E-state index in [-0.39, 0.29) is 24.2 Å². The molecule has 1 fully saturated rings. The quantitative estimate of drug-likeness (QED) is 0.591. The number of nitrogens with one attached hydrogen (secondary N) is 1. The molecule has 156 valence electrons. The number of aliphatic hydroxyl groups excluding tert-OH is 2. The number of amides is 1. The van der Waals surface area contributed by atoms with Gasteiger partial charge >= 0.3 is 0 Å². The van der Waals surface area contributed by atoms with Crippen LogP contribution in [-0.4, -0.2) is 56.2 Å². The van der Waals surface area contributed by atoms with Crippen molar-refractivity contribution in [3.05, 3.63) is 77.4 Å². The van der Waals surface area contributed by atoms with Crippen molar-refractivity contribution >= 4 is 5.91 Å². The number of nitrogens with zero attached hydrogens (tertiary/aromatic N) is 3. The van der Waals surface area contributed by atoms with Gasteiger partial charge in [0.25, 0.3) is 5.91 Å². The van der Waals surface area contributed by atoms with E-state index in [4.69, 9.17) is 4.74 Å². The zero-order valence-corrected chi connectivity index (χ0v) is 16.6. The van der Waals surface area contributed by atoms with Gasteiger partial charge in [0.05, 0.1) is 24.4 Å². The lowest BCUT2D eigenvalue weighted by molar-refractivity contribution is -0.0261. The molecule has 1 amide bonds. The fraction of sp³-hybridized carbons (Fsp3) is 0.318. The number of benzene rings is 1. The summed E-state index contributed by atoms with van der Waals surface area (Å²) < 4.78 is 6.93. The molecule has 0 aliphatic carbocycles. The number of pyridine rings is 1. The number of aliphatic hydroxyl groups is 2. The van der Waals surface area contributed by atoms with Crippen LogP contribution in [0.3, 0.4) is 0 Å². The van der Waals surface area contributed by atoms with E-state index in [1.165, 1.54) is 0 Å². The normalized spacial score (nSPS) is 20.0. The van der Waals surface area contributed by atoms with E-state index in [0.717, 1.165) is 11.3 Å². The van der Waals surface area contributed by atoms with Crippen molar-refractivity contribution in [2.75, 3.05) is 13.2 Å². The SMILES string of the molecule is Cc1cnc(C(=O)N[C@H]2CCOC[C@@H]2O)cc1C(O)c1ccc(-n2cccn2)cc1. The van der Waals surface area contributed by atoms with Gasteiger partial charge in [-0.1, -0.05) is 12.1 Å². The molecular formula is C22H24N4O4. The Morgan fingerprint density at radius 2 is 2.13 bits per heavy atom. The highest BCUT2D eigenvalue weighted by Crippen LogP contribution is 2.26. The molecule has 1 aliphatic heterocycles. The summed E-state index contributed by atoms with van der Waals surface area (Å²) in [5.41, 5.74) is 3.17. The third-order valence-electron chi connectivity index (χ3n) is 5.29. The molecule has 2 aromatic heterocycles. The molecule has 3 N–H and O–H groups in total. The predicted octanol–water partition coefficient (Wildman–Crippen LogP) is 1.54. The molecule has 0 saturated carbocycles. The van der Waals surface area contributed by atoms with E-state index < -0.39 is 12.2 Å². The number of aromatic nitrogens is 3. The molecule has 1 saturated heterocycles. The van der Waals surface area contributed by atoms with Gasteiger partial charge in [0.15, 0.2) is 0 Å². The van der Waals surface area contributed by atoms with Crippen LogP contribution in [0.5, 0.6) is 0 Å². The molecule has 0 radical (unpaired) electrons. The number of carbonyl (C=O) groups is 1. The van der Waals surface area contributed by atoms with E-state index in [1.807, 2.05) is 43.5 Å². The number of hydrogen-bond acceptors (Lipinski definition) is 6. The van der Waals surface area contributed by atoms with Gasteiger partial charge in [-0.2, -0.15) is 5.10 Å². The molecule has 4 rings (SSSR count). The molecule has 3 aromatic rings. The van der Waals surface area contributed by atoms with Crippen molar-refractivity contribution < 1.29 is 19.7 Å². The van der Waals surface area contributed by atoms with Gasteiger partial charge in [0.2, 0.25) is 0 Å². The summed E-state index contributed by atoms with van der Waals surface area (Å²) in [6.07, 6.45) is 4.02. The monoisotopic (exact) mass is 408 g/mol. The van der Waals surface area contributed by atoms with Crippen molar-refractivity contribution in [1.29, 1.82) is 0 Å². The van der Waals surface area contributed by atoms with Crippen molar-refractivity contribution in [2.45, 2.75) is 31.6 Å². The summed E-state index contributed by atoms with van der Waals surface area (Å²) in [4.78, 5) is 16.8. The summed E-state index contributed by atoms with van der Waals surface area (Å²) >= 11 is 0. The lowest BCUT2D eigenvalue weighted by Gasteiger charge is -2.28. The molecule has 1 unspecified atom stereocenters. The Labute approximate surface area is 174 Å². The van der Waals surface area contributed by atoms with Gasteiger partial charge in [0, 0.05) is 25.2 Å². The molecular weight excluding hydrogens is 384 g/mol. The number of rotatable bonds is 5. The fourth-order valence-electron chi connectivity index (χ4n) is 3.50. The molecule has 0 spiro atoms. The maximum atomic E-state index is 12.6. The first kappa shape index (κ1) is 20.2.